The first-order valence-corrected chi connectivity index (χ1v) is 5.09. The van der Waals surface area contributed by atoms with E-state index < -0.39 is 0 Å². The van der Waals surface area contributed by atoms with Gasteiger partial charge in [-0.1, -0.05) is 16.8 Å². The van der Waals surface area contributed by atoms with Crippen LogP contribution in [0.1, 0.15) is 11.1 Å². The van der Waals surface area contributed by atoms with Gasteiger partial charge in [-0.05, 0) is 25.5 Å². The summed E-state index contributed by atoms with van der Waals surface area (Å²) < 4.78 is 4.79. The van der Waals surface area contributed by atoms with Crippen LogP contribution in [0, 0.1) is 13.8 Å². The first-order chi connectivity index (χ1) is 7.50. The van der Waals surface area contributed by atoms with E-state index in [-0.39, 0.29) is 11.6 Å². The van der Waals surface area contributed by atoms with Gasteiger partial charge in [0, 0.05) is 17.2 Å². The summed E-state index contributed by atoms with van der Waals surface area (Å²) in [6, 6.07) is 3.26. The number of nitrogen functional groups attached to an aromatic ring is 1. The Bertz CT molecular complexity index is 549. The Hall–Kier alpha value is -1.68. The molecule has 0 amide bonds. The Morgan fingerprint density at radius 3 is 2.62 bits per heavy atom. The van der Waals surface area contributed by atoms with E-state index in [4.69, 9.17) is 21.9 Å². The lowest BCUT2D eigenvalue weighted by Gasteiger charge is -2.09. The van der Waals surface area contributed by atoms with Crippen LogP contribution in [0.25, 0.3) is 11.3 Å². The maximum atomic E-state index is 9.83. The molecular formula is C11H11ClN2O2. The molecule has 0 saturated carbocycles. The Balaban J connectivity index is 2.70. The molecule has 84 valence electrons. The van der Waals surface area contributed by atoms with Crippen molar-refractivity contribution in [1.29, 1.82) is 0 Å². The van der Waals surface area contributed by atoms with Gasteiger partial charge < -0.3 is 15.4 Å². The summed E-state index contributed by atoms with van der Waals surface area (Å²) in [6.07, 6.45) is 0. The lowest BCUT2D eigenvalue weighted by Crippen LogP contribution is -1.89. The molecule has 0 unspecified atom stereocenters. The number of nitrogens with two attached hydrogens (primary N) is 1. The predicted molar refractivity (Wildman–Crippen MR) is 62.5 cm³/mol. The first kappa shape index (κ1) is 10.8. The number of phenolic OH excluding ortho intramolecular Hbond substituents is 1. The average molecular weight is 239 g/mol. The third-order valence-corrected chi connectivity index (χ3v) is 2.77. The molecule has 2 aromatic rings. The van der Waals surface area contributed by atoms with Gasteiger partial charge in [-0.15, -0.1) is 0 Å². The van der Waals surface area contributed by atoms with Gasteiger partial charge >= 0.3 is 0 Å². The summed E-state index contributed by atoms with van der Waals surface area (Å²) >= 11 is 6.12. The number of hydrogen-bond donors (Lipinski definition) is 2. The maximum absolute atomic E-state index is 9.83. The molecule has 16 heavy (non-hydrogen) atoms. The second-order valence-corrected chi connectivity index (χ2v) is 4.05. The quantitative estimate of drug-likeness (QED) is 0.801. The summed E-state index contributed by atoms with van der Waals surface area (Å²) in [7, 11) is 0. The van der Waals surface area contributed by atoms with Crippen molar-refractivity contribution in [2.24, 2.45) is 0 Å². The summed E-state index contributed by atoms with van der Waals surface area (Å²) in [5.74, 6) is 0.423. The van der Waals surface area contributed by atoms with Gasteiger partial charge in [0.2, 0.25) is 5.88 Å². The molecular weight excluding hydrogens is 228 g/mol. The molecule has 0 radical (unpaired) electrons. The molecule has 0 fully saturated rings. The van der Waals surface area contributed by atoms with E-state index >= 15 is 0 Å². The van der Waals surface area contributed by atoms with E-state index in [0.717, 1.165) is 5.56 Å². The van der Waals surface area contributed by atoms with Crippen molar-refractivity contribution in [3.05, 3.63) is 28.3 Å². The Morgan fingerprint density at radius 1 is 1.38 bits per heavy atom. The molecule has 0 saturated heterocycles. The van der Waals surface area contributed by atoms with Gasteiger partial charge in [0.25, 0.3) is 0 Å². The van der Waals surface area contributed by atoms with Crippen molar-refractivity contribution >= 4 is 17.5 Å². The molecule has 0 spiro atoms. The largest absolute Gasteiger partial charge is 0.507 e. The van der Waals surface area contributed by atoms with Crippen LogP contribution in [0.3, 0.4) is 0 Å². The van der Waals surface area contributed by atoms with E-state index in [2.05, 4.69) is 5.16 Å². The first-order valence-electron chi connectivity index (χ1n) is 4.72. The third-order valence-electron chi connectivity index (χ3n) is 2.47. The topological polar surface area (TPSA) is 72.3 Å². The minimum atomic E-state index is 0.209. The Kier molecular flexibility index (Phi) is 2.52. The lowest BCUT2D eigenvalue weighted by atomic mass is 10.0. The van der Waals surface area contributed by atoms with Crippen molar-refractivity contribution < 1.29 is 9.63 Å². The number of halogens is 1. The number of nitrogens with zero attached hydrogens (tertiary/aromatic N) is 1. The number of aromatic hydroxyl groups is 1. The highest BCUT2D eigenvalue weighted by Crippen LogP contribution is 2.37. The normalized spacial score (nSPS) is 10.7. The number of phenols is 1. The molecule has 1 aromatic heterocycles. The fraction of sp³-hybridized carbons (Fsp3) is 0.182. The molecule has 2 rings (SSSR count). The highest BCUT2D eigenvalue weighted by molar-refractivity contribution is 6.33. The fourth-order valence-corrected chi connectivity index (χ4v) is 2.05. The van der Waals surface area contributed by atoms with Gasteiger partial charge in [0.1, 0.15) is 11.4 Å². The van der Waals surface area contributed by atoms with Crippen LogP contribution in [0.15, 0.2) is 16.7 Å². The summed E-state index contributed by atoms with van der Waals surface area (Å²) in [5, 5.41) is 14.1. The number of rotatable bonds is 1. The zero-order chi connectivity index (χ0) is 11.9. The van der Waals surface area contributed by atoms with Crippen LogP contribution in [-0.4, -0.2) is 10.3 Å². The smallest absolute Gasteiger partial charge is 0.222 e. The summed E-state index contributed by atoms with van der Waals surface area (Å²) in [5.41, 5.74) is 8.01. The number of aryl methyl sites for hydroxylation is 1. The molecule has 0 aliphatic carbocycles. The van der Waals surface area contributed by atoms with Crippen LogP contribution >= 0.6 is 11.6 Å². The average Bonchev–Trinajstić information content (AvgIpc) is 2.61. The second kappa shape index (κ2) is 3.72. The fourth-order valence-electron chi connectivity index (χ4n) is 1.65. The Morgan fingerprint density at radius 2 is 2.06 bits per heavy atom. The van der Waals surface area contributed by atoms with Crippen molar-refractivity contribution in [2.45, 2.75) is 13.8 Å². The van der Waals surface area contributed by atoms with Crippen LogP contribution in [0.2, 0.25) is 5.02 Å². The third kappa shape index (κ3) is 1.61. The molecule has 3 N–H and O–H groups in total. The monoisotopic (exact) mass is 238 g/mol. The molecule has 5 heteroatoms. The van der Waals surface area contributed by atoms with Crippen LogP contribution in [0.4, 0.5) is 5.88 Å². The van der Waals surface area contributed by atoms with E-state index in [1.807, 2.05) is 0 Å². The number of aromatic nitrogens is 1. The molecule has 0 aliphatic heterocycles. The molecule has 0 bridgehead atoms. The standard InChI is InChI=1S/C11H11ClN2O2/c1-5-3-7(12)10(6(2)11(5)15)8-4-9(13)16-14-8/h3-4,15H,13H2,1-2H3. The van der Waals surface area contributed by atoms with Crippen molar-refractivity contribution in [1.82, 2.24) is 5.16 Å². The minimum absolute atomic E-state index is 0.209. The van der Waals surface area contributed by atoms with Gasteiger partial charge in [0.05, 0.1) is 5.02 Å². The highest BCUT2D eigenvalue weighted by atomic mass is 35.5. The van der Waals surface area contributed by atoms with Gasteiger partial charge in [-0.25, -0.2) is 0 Å². The summed E-state index contributed by atoms with van der Waals surface area (Å²) in [6.45, 7) is 3.56. The predicted octanol–water partition coefficient (Wildman–Crippen LogP) is 2.90. The lowest BCUT2D eigenvalue weighted by molar-refractivity contribution is 0.439. The summed E-state index contributed by atoms with van der Waals surface area (Å²) in [4.78, 5) is 0. The van der Waals surface area contributed by atoms with Crippen LogP contribution in [-0.2, 0) is 0 Å². The molecule has 0 aliphatic rings. The van der Waals surface area contributed by atoms with Crippen molar-refractivity contribution in [2.75, 3.05) is 5.73 Å². The highest BCUT2D eigenvalue weighted by Gasteiger charge is 2.16. The van der Waals surface area contributed by atoms with Crippen molar-refractivity contribution in [3.8, 4) is 17.0 Å². The zero-order valence-electron chi connectivity index (χ0n) is 8.91. The van der Waals surface area contributed by atoms with Crippen molar-refractivity contribution in [3.63, 3.8) is 0 Å². The van der Waals surface area contributed by atoms with Crippen LogP contribution in [0.5, 0.6) is 5.75 Å². The van der Waals surface area contributed by atoms with E-state index in [1.165, 1.54) is 0 Å². The second-order valence-electron chi connectivity index (χ2n) is 3.64. The van der Waals surface area contributed by atoms with E-state index in [1.54, 1.807) is 26.0 Å². The molecule has 0 atom stereocenters. The maximum Gasteiger partial charge on any atom is 0.222 e. The van der Waals surface area contributed by atoms with E-state index in [9.17, 15) is 5.11 Å². The number of benzene rings is 1. The van der Waals surface area contributed by atoms with E-state index in [0.29, 0.717) is 21.8 Å². The Labute approximate surface area is 97.6 Å². The van der Waals surface area contributed by atoms with Gasteiger partial charge in [-0.2, -0.15) is 0 Å². The number of hydrogen-bond acceptors (Lipinski definition) is 4. The molecule has 1 aromatic carbocycles. The molecule has 1 heterocycles. The van der Waals surface area contributed by atoms with Gasteiger partial charge in [-0.3, -0.25) is 0 Å². The minimum Gasteiger partial charge on any atom is -0.507 e. The SMILES string of the molecule is Cc1cc(Cl)c(-c2cc(N)on2)c(C)c1O. The zero-order valence-corrected chi connectivity index (χ0v) is 9.67. The number of anilines is 1. The van der Waals surface area contributed by atoms with Crippen LogP contribution < -0.4 is 5.73 Å². The van der Waals surface area contributed by atoms with Gasteiger partial charge in [0.15, 0.2) is 0 Å². The molecule has 4 nitrogen and oxygen atoms in total.